The summed E-state index contributed by atoms with van der Waals surface area (Å²) in [4.78, 5) is 27.3. The number of furan rings is 1. The Morgan fingerprint density at radius 1 is 1.52 bits per heavy atom. The predicted octanol–water partition coefficient (Wildman–Crippen LogP) is 1.46. The molecule has 108 valence electrons. The van der Waals surface area contributed by atoms with Crippen LogP contribution in [0.25, 0.3) is 0 Å². The minimum atomic E-state index is -0.552. The Kier molecular flexibility index (Phi) is 3.57. The van der Waals surface area contributed by atoms with E-state index in [4.69, 9.17) is 4.42 Å². The molecule has 8 nitrogen and oxygen atoms in total. The van der Waals surface area contributed by atoms with Crippen LogP contribution in [0.1, 0.15) is 16.3 Å². The first-order valence-corrected chi connectivity index (χ1v) is 6.95. The second-order valence-corrected chi connectivity index (χ2v) is 5.09. The number of aliphatic imine (C=N–C) groups is 1. The lowest BCUT2D eigenvalue weighted by Crippen LogP contribution is -2.37. The van der Waals surface area contributed by atoms with Crippen LogP contribution in [0.4, 0.5) is 0 Å². The lowest BCUT2D eigenvalue weighted by atomic mass is 10.2. The van der Waals surface area contributed by atoms with Crippen molar-refractivity contribution >= 4 is 28.8 Å². The number of nitrogens with one attached hydrogen (secondary N) is 1. The summed E-state index contributed by atoms with van der Waals surface area (Å²) in [7, 11) is 1.28. The number of rotatable bonds is 3. The first kappa shape index (κ1) is 13.6. The summed E-state index contributed by atoms with van der Waals surface area (Å²) in [6.45, 7) is 0. The van der Waals surface area contributed by atoms with Crippen molar-refractivity contribution < 1.29 is 18.7 Å². The molecule has 1 atom stereocenters. The largest absolute Gasteiger partial charge is 0.463 e. The molecule has 1 unspecified atom stereocenters. The van der Waals surface area contributed by atoms with Crippen molar-refractivity contribution in [2.24, 2.45) is 15.2 Å². The maximum atomic E-state index is 11.8. The number of amides is 1. The van der Waals surface area contributed by atoms with Crippen LogP contribution >= 0.6 is 11.8 Å². The smallest absolute Gasteiger partial charge is 0.373 e. The topological polar surface area (TPSA) is 106 Å². The molecule has 1 N–H and O–H groups in total. The summed E-state index contributed by atoms with van der Waals surface area (Å²) in [5.74, 6) is 0.344. The number of hydrogen-bond acceptors (Lipinski definition) is 8. The number of hydrogen-bond donors (Lipinski definition) is 1. The third-order valence-corrected chi connectivity index (χ3v) is 3.68. The highest BCUT2D eigenvalue weighted by Crippen LogP contribution is 2.24. The van der Waals surface area contributed by atoms with E-state index in [1.165, 1.54) is 31.1 Å². The molecular weight excluding hydrogens is 296 g/mol. The number of ether oxygens (including phenoxy) is 1. The van der Waals surface area contributed by atoms with E-state index in [1.807, 2.05) is 0 Å². The fourth-order valence-corrected chi connectivity index (χ4v) is 2.52. The van der Waals surface area contributed by atoms with Crippen molar-refractivity contribution in [2.75, 3.05) is 7.11 Å². The van der Waals surface area contributed by atoms with Gasteiger partial charge in [0.15, 0.2) is 11.3 Å². The third-order valence-electron chi connectivity index (χ3n) is 2.77. The Balaban J connectivity index is 1.64. The molecule has 3 heterocycles. The van der Waals surface area contributed by atoms with E-state index in [2.05, 4.69) is 25.3 Å². The first-order valence-electron chi connectivity index (χ1n) is 5.96. The maximum absolute atomic E-state index is 11.8. The number of amidine groups is 1. The lowest BCUT2D eigenvalue weighted by Gasteiger charge is -2.16. The molecule has 0 spiro atoms. The Hall–Kier alpha value is -2.42. The molecule has 1 aromatic rings. The third kappa shape index (κ3) is 2.72. The summed E-state index contributed by atoms with van der Waals surface area (Å²) in [5.41, 5.74) is 0.435. The van der Waals surface area contributed by atoms with Gasteiger partial charge >= 0.3 is 5.97 Å². The highest BCUT2D eigenvalue weighted by molar-refractivity contribution is 8.13. The maximum Gasteiger partial charge on any atom is 0.373 e. The Bertz CT molecular complexity index is 691. The van der Waals surface area contributed by atoms with E-state index < -0.39 is 12.1 Å². The van der Waals surface area contributed by atoms with E-state index in [1.54, 1.807) is 6.07 Å². The molecule has 0 fully saturated rings. The number of carbonyl (C=O) groups is 2. The van der Waals surface area contributed by atoms with Crippen molar-refractivity contribution in [3.05, 3.63) is 35.4 Å². The molecule has 0 radical (unpaired) electrons. The van der Waals surface area contributed by atoms with E-state index in [0.717, 1.165) is 0 Å². The molecular formula is C12H10N4O4S. The number of carbonyl (C=O) groups excluding carboxylic acids is 2. The minimum Gasteiger partial charge on any atom is -0.463 e. The summed E-state index contributed by atoms with van der Waals surface area (Å²) in [6.07, 6.45) is 0.851. The fraction of sp³-hybridized carbons (Fsp3) is 0.250. The number of thioether (sulfide) groups is 1. The number of fused-ring (bicyclic) bond motifs is 1. The molecule has 1 amide bonds. The van der Waals surface area contributed by atoms with Crippen LogP contribution in [-0.2, 0) is 15.3 Å². The number of nitrogens with zero attached hydrogens (tertiary/aromatic N) is 3. The van der Waals surface area contributed by atoms with Crippen LogP contribution in [0, 0.1) is 0 Å². The average molecular weight is 306 g/mol. The van der Waals surface area contributed by atoms with E-state index in [0.29, 0.717) is 22.3 Å². The molecule has 2 aliphatic rings. The van der Waals surface area contributed by atoms with Gasteiger partial charge in [0, 0.05) is 0 Å². The Morgan fingerprint density at radius 2 is 2.38 bits per heavy atom. The zero-order chi connectivity index (χ0) is 14.8. The SMILES string of the molecule is COC(=O)c1ccc(CSC2=NC3N=NC=C3C(=O)N2)o1. The van der Waals surface area contributed by atoms with Crippen molar-refractivity contribution in [3.63, 3.8) is 0 Å². The van der Waals surface area contributed by atoms with Gasteiger partial charge in [-0.25, -0.2) is 9.79 Å². The molecule has 0 aliphatic carbocycles. The first-order chi connectivity index (χ1) is 10.2. The quantitative estimate of drug-likeness (QED) is 0.851. The van der Waals surface area contributed by atoms with Gasteiger partial charge in [0.05, 0.1) is 24.6 Å². The molecule has 0 bridgehead atoms. The Labute approximate surface area is 123 Å². The summed E-state index contributed by atoms with van der Waals surface area (Å²) >= 11 is 1.28. The molecule has 0 saturated carbocycles. The summed E-state index contributed by atoms with van der Waals surface area (Å²) in [5, 5.41) is 10.6. The molecule has 2 aliphatic heterocycles. The summed E-state index contributed by atoms with van der Waals surface area (Å²) < 4.78 is 9.88. The lowest BCUT2D eigenvalue weighted by molar-refractivity contribution is -0.116. The van der Waals surface area contributed by atoms with Crippen molar-refractivity contribution in [2.45, 2.75) is 11.9 Å². The number of esters is 1. The molecule has 0 saturated heterocycles. The average Bonchev–Trinajstić information content (AvgIpc) is 3.13. The van der Waals surface area contributed by atoms with Gasteiger partial charge in [-0.2, -0.15) is 10.2 Å². The van der Waals surface area contributed by atoms with Gasteiger partial charge < -0.3 is 14.5 Å². The molecule has 21 heavy (non-hydrogen) atoms. The molecule has 0 aromatic carbocycles. The van der Waals surface area contributed by atoms with Crippen LogP contribution < -0.4 is 5.32 Å². The highest BCUT2D eigenvalue weighted by Gasteiger charge is 2.29. The van der Waals surface area contributed by atoms with Gasteiger partial charge in [-0.3, -0.25) is 4.79 Å². The normalized spacial score (nSPS) is 19.7. The monoisotopic (exact) mass is 306 g/mol. The van der Waals surface area contributed by atoms with Gasteiger partial charge in [0.25, 0.3) is 5.91 Å². The van der Waals surface area contributed by atoms with Crippen LogP contribution in [0.3, 0.4) is 0 Å². The van der Waals surface area contributed by atoms with Crippen molar-refractivity contribution in [3.8, 4) is 0 Å². The summed E-state index contributed by atoms with van der Waals surface area (Å²) in [6, 6.07) is 3.21. The van der Waals surface area contributed by atoms with E-state index in [9.17, 15) is 9.59 Å². The fourth-order valence-electron chi connectivity index (χ4n) is 1.75. The van der Waals surface area contributed by atoms with Gasteiger partial charge in [-0.15, -0.1) is 0 Å². The second-order valence-electron chi connectivity index (χ2n) is 4.12. The zero-order valence-electron chi connectivity index (χ0n) is 10.9. The van der Waals surface area contributed by atoms with Crippen LogP contribution in [0.5, 0.6) is 0 Å². The standard InChI is InChI=1S/C12H10N4O4S/c1-19-11(18)8-3-2-6(20-8)5-21-12-14-9-7(4-13-16-9)10(17)15-12/h2-4,9H,5H2,1H3,(H,14,15,17). The van der Waals surface area contributed by atoms with Crippen molar-refractivity contribution in [1.29, 1.82) is 0 Å². The minimum absolute atomic E-state index is 0.137. The number of methoxy groups -OCH3 is 1. The second kappa shape index (κ2) is 5.52. The van der Waals surface area contributed by atoms with Crippen LogP contribution in [-0.4, -0.2) is 30.3 Å². The predicted molar refractivity (Wildman–Crippen MR) is 73.6 cm³/mol. The number of azo groups is 1. The van der Waals surface area contributed by atoms with Gasteiger partial charge in [0.2, 0.25) is 5.76 Å². The zero-order valence-corrected chi connectivity index (χ0v) is 11.7. The van der Waals surface area contributed by atoms with Gasteiger partial charge in [-0.1, -0.05) is 11.8 Å². The van der Waals surface area contributed by atoms with Crippen LogP contribution in [0.2, 0.25) is 0 Å². The highest BCUT2D eigenvalue weighted by atomic mass is 32.2. The Morgan fingerprint density at radius 3 is 3.19 bits per heavy atom. The van der Waals surface area contributed by atoms with E-state index >= 15 is 0 Å². The van der Waals surface area contributed by atoms with Crippen molar-refractivity contribution in [1.82, 2.24) is 5.32 Å². The molecule has 9 heteroatoms. The molecule has 1 aromatic heterocycles. The molecule has 3 rings (SSSR count). The van der Waals surface area contributed by atoms with Gasteiger partial charge in [0.1, 0.15) is 5.76 Å². The van der Waals surface area contributed by atoms with Crippen LogP contribution in [0.15, 0.2) is 43.5 Å². The van der Waals surface area contributed by atoms with Gasteiger partial charge in [-0.05, 0) is 12.1 Å². The van der Waals surface area contributed by atoms with E-state index in [-0.39, 0.29) is 11.7 Å².